The summed E-state index contributed by atoms with van der Waals surface area (Å²) >= 11 is 3.10. The van der Waals surface area contributed by atoms with Crippen LogP contribution in [0.15, 0.2) is 22.7 Å². The van der Waals surface area contributed by atoms with Crippen LogP contribution in [-0.4, -0.2) is 18.2 Å². The third-order valence-corrected chi connectivity index (χ3v) is 4.12. The standard InChI is InChI=1S/C17H20BrFN2O2/c1-3-4-7-21-17(23)13(10-20)16(22)11(2)8-12-5-6-15(19)14(18)9-12/h5-6,9,11,13H,3-4,7-8H2,1-2H3,(H,21,23). The van der Waals surface area contributed by atoms with Crippen LogP contribution in [0.1, 0.15) is 32.3 Å². The van der Waals surface area contributed by atoms with Gasteiger partial charge in [-0.15, -0.1) is 0 Å². The summed E-state index contributed by atoms with van der Waals surface area (Å²) in [6.45, 7) is 4.12. The zero-order chi connectivity index (χ0) is 17.4. The first-order valence-electron chi connectivity index (χ1n) is 7.55. The summed E-state index contributed by atoms with van der Waals surface area (Å²) in [5.41, 5.74) is 0.766. The summed E-state index contributed by atoms with van der Waals surface area (Å²) in [6, 6.07) is 6.29. The van der Waals surface area contributed by atoms with Crippen molar-refractivity contribution in [2.75, 3.05) is 6.54 Å². The Morgan fingerprint density at radius 2 is 2.13 bits per heavy atom. The van der Waals surface area contributed by atoms with E-state index in [0.29, 0.717) is 17.4 Å². The van der Waals surface area contributed by atoms with Gasteiger partial charge in [0.1, 0.15) is 5.82 Å². The van der Waals surface area contributed by atoms with E-state index in [2.05, 4.69) is 21.2 Å². The highest BCUT2D eigenvalue weighted by Crippen LogP contribution is 2.20. The Kier molecular flexibility index (Phi) is 7.90. The molecule has 0 aromatic heterocycles. The van der Waals surface area contributed by atoms with Gasteiger partial charge < -0.3 is 5.32 Å². The Morgan fingerprint density at radius 1 is 1.43 bits per heavy atom. The molecule has 0 radical (unpaired) electrons. The van der Waals surface area contributed by atoms with Crippen molar-refractivity contribution in [1.82, 2.24) is 5.32 Å². The lowest BCUT2D eigenvalue weighted by atomic mass is 9.89. The highest BCUT2D eigenvalue weighted by molar-refractivity contribution is 9.10. The first kappa shape index (κ1) is 19.3. The fraction of sp³-hybridized carbons (Fsp3) is 0.471. The van der Waals surface area contributed by atoms with E-state index in [4.69, 9.17) is 5.26 Å². The minimum Gasteiger partial charge on any atom is -0.355 e. The second-order valence-corrected chi connectivity index (χ2v) is 6.32. The molecule has 124 valence electrons. The van der Waals surface area contributed by atoms with E-state index in [9.17, 15) is 14.0 Å². The SMILES string of the molecule is CCCCNC(=O)C(C#N)C(=O)C(C)Cc1ccc(F)c(Br)c1. The molecule has 2 atom stereocenters. The molecule has 0 saturated heterocycles. The Labute approximate surface area is 144 Å². The molecule has 0 spiro atoms. The van der Waals surface area contributed by atoms with Crippen LogP contribution in [0.2, 0.25) is 0 Å². The van der Waals surface area contributed by atoms with Crippen molar-refractivity contribution in [1.29, 1.82) is 5.26 Å². The number of halogens is 2. The lowest BCUT2D eigenvalue weighted by molar-refractivity contribution is -0.133. The highest BCUT2D eigenvalue weighted by atomic mass is 79.9. The lowest BCUT2D eigenvalue weighted by Crippen LogP contribution is -2.37. The van der Waals surface area contributed by atoms with Crippen molar-refractivity contribution < 1.29 is 14.0 Å². The van der Waals surface area contributed by atoms with Crippen molar-refractivity contribution in [3.8, 4) is 6.07 Å². The lowest BCUT2D eigenvalue weighted by Gasteiger charge is -2.15. The molecule has 1 N–H and O–H groups in total. The van der Waals surface area contributed by atoms with Gasteiger partial charge in [0.2, 0.25) is 5.91 Å². The number of nitrogens with zero attached hydrogens (tertiary/aromatic N) is 1. The largest absolute Gasteiger partial charge is 0.355 e. The van der Waals surface area contributed by atoms with E-state index in [1.807, 2.05) is 6.92 Å². The zero-order valence-corrected chi connectivity index (χ0v) is 14.8. The van der Waals surface area contributed by atoms with Gasteiger partial charge in [0.15, 0.2) is 11.7 Å². The number of Topliss-reactive ketones (excluding diaryl/α,β-unsaturated/α-hetero) is 1. The Morgan fingerprint density at radius 3 is 2.70 bits per heavy atom. The maximum absolute atomic E-state index is 13.2. The predicted octanol–water partition coefficient (Wildman–Crippen LogP) is 3.39. The molecular weight excluding hydrogens is 363 g/mol. The summed E-state index contributed by atoms with van der Waals surface area (Å²) in [5.74, 6) is -3.14. The molecule has 0 aliphatic heterocycles. The van der Waals surface area contributed by atoms with E-state index in [0.717, 1.165) is 18.4 Å². The molecule has 0 heterocycles. The van der Waals surface area contributed by atoms with Gasteiger partial charge in [-0.1, -0.05) is 26.3 Å². The molecule has 1 rings (SSSR count). The molecular formula is C17H20BrFN2O2. The summed E-state index contributed by atoms with van der Waals surface area (Å²) in [4.78, 5) is 24.3. The van der Waals surface area contributed by atoms with Crippen molar-refractivity contribution in [3.63, 3.8) is 0 Å². The highest BCUT2D eigenvalue weighted by Gasteiger charge is 2.30. The van der Waals surface area contributed by atoms with Crippen molar-refractivity contribution >= 4 is 27.6 Å². The van der Waals surface area contributed by atoms with Crippen LogP contribution in [0.5, 0.6) is 0 Å². The van der Waals surface area contributed by atoms with Gasteiger partial charge in [-0.05, 0) is 46.5 Å². The Hall–Kier alpha value is -1.74. The number of amides is 1. The van der Waals surface area contributed by atoms with E-state index >= 15 is 0 Å². The van der Waals surface area contributed by atoms with E-state index in [1.165, 1.54) is 6.07 Å². The average molecular weight is 383 g/mol. The molecule has 23 heavy (non-hydrogen) atoms. The number of carbonyl (C=O) groups is 2. The van der Waals surface area contributed by atoms with E-state index in [-0.39, 0.29) is 5.82 Å². The van der Waals surface area contributed by atoms with Crippen molar-refractivity contribution in [3.05, 3.63) is 34.1 Å². The maximum Gasteiger partial charge on any atom is 0.245 e. The average Bonchev–Trinajstić information content (AvgIpc) is 2.51. The van der Waals surface area contributed by atoms with Crippen LogP contribution in [-0.2, 0) is 16.0 Å². The van der Waals surface area contributed by atoms with Crippen LogP contribution < -0.4 is 5.32 Å². The number of hydrogen-bond acceptors (Lipinski definition) is 3. The minimum atomic E-state index is -1.30. The molecule has 0 saturated carbocycles. The van der Waals surface area contributed by atoms with Gasteiger partial charge in [0.05, 0.1) is 10.5 Å². The van der Waals surface area contributed by atoms with Crippen LogP contribution in [0, 0.1) is 29.0 Å². The number of benzene rings is 1. The molecule has 4 nitrogen and oxygen atoms in total. The van der Waals surface area contributed by atoms with Crippen LogP contribution >= 0.6 is 15.9 Å². The Balaban J connectivity index is 2.71. The smallest absolute Gasteiger partial charge is 0.245 e. The van der Waals surface area contributed by atoms with Crippen LogP contribution in [0.25, 0.3) is 0 Å². The number of nitriles is 1. The van der Waals surface area contributed by atoms with E-state index in [1.54, 1.807) is 25.1 Å². The zero-order valence-electron chi connectivity index (χ0n) is 13.2. The number of hydrogen-bond donors (Lipinski definition) is 1. The topological polar surface area (TPSA) is 70.0 Å². The number of ketones is 1. The molecule has 6 heteroatoms. The maximum atomic E-state index is 13.2. The van der Waals surface area contributed by atoms with Crippen LogP contribution in [0.4, 0.5) is 4.39 Å². The van der Waals surface area contributed by atoms with Gasteiger partial charge in [0, 0.05) is 12.5 Å². The molecule has 0 fully saturated rings. The first-order chi connectivity index (χ1) is 10.9. The van der Waals surface area contributed by atoms with Gasteiger partial charge in [-0.3, -0.25) is 9.59 Å². The summed E-state index contributed by atoms with van der Waals surface area (Å²) < 4.78 is 13.5. The fourth-order valence-corrected chi connectivity index (χ4v) is 2.57. The number of carbonyl (C=O) groups excluding carboxylic acids is 2. The second kappa shape index (κ2) is 9.41. The molecule has 1 aromatic rings. The van der Waals surface area contributed by atoms with Gasteiger partial charge >= 0.3 is 0 Å². The quantitative estimate of drug-likeness (QED) is 0.553. The number of unbranched alkanes of at least 4 members (excludes halogenated alkanes) is 1. The molecule has 0 aliphatic rings. The predicted molar refractivity (Wildman–Crippen MR) is 89.0 cm³/mol. The summed E-state index contributed by atoms with van der Waals surface area (Å²) in [7, 11) is 0. The molecule has 2 unspecified atom stereocenters. The van der Waals surface area contributed by atoms with Crippen molar-refractivity contribution in [2.24, 2.45) is 11.8 Å². The normalized spacial score (nSPS) is 13.0. The fourth-order valence-electron chi connectivity index (χ4n) is 2.15. The molecule has 0 bridgehead atoms. The van der Waals surface area contributed by atoms with E-state index < -0.39 is 23.5 Å². The second-order valence-electron chi connectivity index (χ2n) is 5.46. The number of nitrogens with one attached hydrogen (secondary N) is 1. The third kappa shape index (κ3) is 5.76. The van der Waals surface area contributed by atoms with Crippen molar-refractivity contribution in [2.45, 2.75) is 33.1 Å². The van der Waals surface area contributed by atoms with Gasteiger partial charge in [-0.2, -0.15) is 5.26 Å². The molecule has 1 amide bonds. The molecule has 0 aliphatic carbocycles. The summed E-state index contributed by atoms with van der Waals surface area (Å²) in [6.07, 6.45) is 2.07. The van der Waals surface area contributed by atoms with Gasteiger partial charge in [0.25, 0.3) is 0 Å². The molecule has 1 aromatic carbocycles. The first-order valence-corrected chi connectivity index (χ1v) is 8.35. The van der Waals surface area contributed by atoms with Gasteiger partial charge in [-0.25, -0.2) is 4.39 Å². The third-order valence-electron chi connectivity index (χ3n) is 3.52. The summed E-state index contributed by atoms with van der Waals surface area (Å²) in [5, 5.41) is 11.7. The minimum absolute atomic E-state index is 0.323. The Bertz CT molecular complexity index is 613. The van der Waals surface area contributed by atoms with Crippen LogP contribution in [0.3, 0.4) is 0 Å². The number of rotatable bonds is 8. The monoisotopic (exact) mass is 382 g/mol.